The van der Waals surface area contributed by atoms with E-state index in [0.717, 1.165) is 31.6 Å². The fourth-order valence-corrected chi connectivity index (χ4v) is 2.92. The Morgan fingerprint density at radius 2 is 1.86 bits per heavy atom. The molecular weight excluding hydrogens is 263 g/mol. The van der Waals surface area contributed by atoms with Gasteiger partial charge in [0.1, 0.15) is 5.82 Å². The lowest BCUT2D eigenvalue weighted by Gasteiger charge is -2.09. The van der Waals surface area contributed by atoms with E-state index < -0.39 is 0 Å². The molecule has 0 bridgehead atoms. The minimum Gasteiger partial charge on any atom is -0.349 e. The van der Waals surface area contributed by atoms with Crippen LogP contribution in [0.1, 0.15) is 35.0 Å². The van der Waals surface area contributed by atoms with Gasteiger partial charge in [-0.05, 0) is 75.5 Å². The molecule has 0 radical (unpaired) electrons. The second-order valence-corrected chi connectivity index (χ2v) is 5.64. The Balaban J connectivity index is 1.87. The Morgan fingerprint density at radius 1 is 1.10 bits per heavy atom. The van der Waals surface area contributed by atoms with Gasteiger partial charge < -0.3 is 9.88 Å². The van der Waals surface area contributed by atoms with Crippen molar-refractivity contribution >= 4 is 0 Å². The minimum absolute atomic E-state index is 0.156. The summed E-state index contributed by atoms with van der Waals surface area (Å²) in [5, 5.41) is 3.49. The monoisotopic (exact) mass is 288 g/mol. The molecule has 114 valence electrons. The van der Waals surface area contributed by atoms with Crippen LogP contribution in [0.25, 0.3) is 0 Å². The number of benzene rings is 1. The lowest BCUT2D eigenvalue weighted by molar-refractivity contribution is 0.624. The highest BCUT2D eigenvalue weighted by Crippen LogP contribution is 2.15. The maximum atomic E-state index is 13.1. The molecule has 0 aliphatic rings. The number of nitrogens with one attached hydrogen (secondary N) is 1. The maximum absolute atomic E-state index is 13.1. The predicted molar refractivity (Wildman–Crippen MR) is 86.1 cm³/mol. The minimum atomic E-state index is -0.156. The Kier molecular flexibility index (Phi) is 5.18. The molecule has 1 heterocycles. The molecule has 0 aliphatic carbocycles. The Hall–Kier alpha value is -1.61. The fraction of sp³-hybridized carbons (Fsp3) is 0.444. The van der Waals surface area contributed by atoms with Crippen molar-refractivity contribution in [3.8, 4) is 0 Å². The molecule has 0 fully saturated rings. The number of rotatable bonds is 6. The molecule has 1 aromatic carbocycles. The number of halogens is 1. The van der Waals surface area contributed by atoms with Gasteiger partial charge in [-0.2, -0.15) is 0 Å². The molecule has 0 aliphatic heterocycles. The molecule has 0 spiro atoms. The Bertz CT molecular complexity index is 614. The molecule has 1 aromatic heterocycles. The summed E-state index contributed by atoms with van der Waals surface area (Å²) in [4.78, 5) is 0. The van der Waals surface area contributed by atoms with Gasteiger partial charge in [0.05, 0.1) is 0 Å². The molecule has 3 heteroatoms. The predicted octanol–water partition coefficient (Wildman–Crippen LogP) is 3.90. The first-order valence-electron chi connectivity index (χ1n) is 7.64. The molecular formula is C18H25FN2. The summed E-state index contributed by atoms with van der Waals surface area (Å²) in [6.07, 6.45) is 0.929. The second-order valence-electron chi connectivity index (χ2n) is 5.64. The molecule has 0 unspecified atom stereocenters. The molecule has 1 N–H and O–H groups in total. The highest BCUT2D eigenvalue weighted by atomic mass is 19.1. The molecule has 0 saturated heterocycles. The van der Waals surface area contributed by atoms with Crippen LogP contribution < -0.4 is 5.32 Å². The number of hydrogen-bond donors (Lipinski definition) is 1. The third-order valence-electron chi connectivity index (χ3n) is 4.19. The van der Waals surface area contributed by atoms with Crippen LogP contribution >= 0.6 is 0 Å². The van der Waals surface area contributed by atoms with Crippen molar-refractivity contribution in [1.29, 1.82) is 0 Å². The third-order valence-corrected chi connectivity index (χ3v) is 4.19. The molecule has 2 rings (SSSR count). The van der Waals surface area contributed by atoms with E-state index in [1.54, 1.807) is 6.07 Å². The zero-order valence-corrected chi connectivity index (χ0v) is 13.5. The fourth-order valence-electron chi connectivity index (χ4n) is 2.92. The Morgan fingerprint density at radius 3 is 2.48 bits per heavy atom. The third kappa shape index (κ3) is 3.73. The van der Waals surface area contributed by atoms with Crippen molar-refractivity contribution in [1.82, 2.24) is 9.88 Å². The van der Waals surface area contributed by atoms with Crippen LogP contribution in [-0.4, -0.2) is 11.1 Å². The van der Waals surface area contributed by atoms with Gasteiger partial charge in [0.25, 0.3) is 0 Å². The van der Waals surface area contributed by atoms with Crippen molar-refractivity contribution in [3.05, 3.63) is 58.2 Å². The summed E-state index contributed by atoms with van der Waals surface area (Å²) < 4.78 is 15.4. The van der Waals surface area contributed by atoms with E-state index in [-0.39, 0.29) is 5.82 Å². The summed E-state index contributed by atoms with van der Waals surface area (Å²) in [7, 11) is 0. The van der Waals surface area contributed by atoms with E-state index in [1.165, 1.54) is 28.6 Å². The van der Waals surface area contributed by atoms with Crippen LogP contribution in [0.4, 0.5) is 4.39 Å². The van der Waals surface area contributed by atoms with Crippen LogP contribution in [0.5, 0.6) is 0 Å². The number of aromatic nitrogens is 1. The van der Waals surface area contributed by atoms with Crippen molar-refractivity contribution < 1.29 is 4.39 Å². The zero-order chi connectivity index (χ0) is 15.4. The van der Waals surface area contributed by atoms with E-state index in [1.807, 2.05) is 13.0 Å². The summed E-state index contributed by atoms with van der Waals surface area (Å²) in [5.41, 5.74) is 6.27. The van der Waals surface area contributed by atoms with Crippen LogP contribution in [0.2, 0.25) is 0 Å². The van der Waals surface area contributed by atoms with Crippen molar-refractivity contribution in [2.45, 2.75) is 47.2 Å². The van der Waals surface area contributed by atoms with Crippen LogP contribution in [0, 0.1) is 26.6 Å². The smallest absolute Gasteiger partial charge is 0.123 e. The standard InChI is InChI=1S/C18H25FN2/c1-5-21-14(3)11-17(15(21)4)12-20-9-8-16-6-7-18(19)10-13(16)2/h6-7,10-11,20H,5,8-9,12H2,1-4H3. The van der Waals surface area contributed by atoms with E-state index in [2.05, 4.69) is 36.7 Å². The summed E-state index contributed by atoms with van der Waals surface area (Å²) in [5.74, 6) is -0.156. The molecule has 21 heavy (non-hydrogen) atoms. The second kappa shape index (κ2) is 6.90. The average molecular weight is 288 g/mol. The molecule has 0 atom stereocenters. The van der Waals surface area contributed by atoms with Crippen molar-refractivity contribution in [3.63, 3.8) is 0 Å². The maximum Gasteiger partial charge on any atom is 0.123 e. The van der Waals surface area contributed by atoms with Gasteiger partial charge in [-0.25, -0.2) is 4.39 Å². The zero-order valence-electron chi connectivity index (χ0n) is 13.5. The lowest BCUT2D eigenvalue weighted by Crippen LogP contribution is -2.17. The molecule has 0 saturated carbocycles. The normalized spacial score (nSPS) is 11.1. The van der Waals surface area contributed by atoms with Gasteiger partial charge in [0.15, 0.2) is 0 Å². The van der Waals surface area contributed by atoms with Gasteiger partial charge in [0.2, 0.25) is 0 Å². The number of aryl methyl sites for hydroxylation is 2. The van der Waals surface area contributed by atoms with E-state index >= 15 is 0 Å². The highest BCUT2D eigenvalue weighted by Gasteiger charge is 2.07. The first-order valence-corrected chi connectivity index (χ1v) is 7.64. The average Bonchev–Trinajstić information content (AvgIpc) is 2.71. The largest absolute Gasteiger partial charge is 0.349 e. The number of nitrogens with zero attached hydrogens (tertiary/aromatic N) is 1. The van der Waals surface area contributed by atoms with Crippen molar-refractivity contribution in [2.24, 2.45) is 0 Å². The quantitative estimate of drug-likeness (QED) is 0.798. The topological polar surface area (TPSA) is 17.0 Å². The van der Waals surface area contributed by atoms with Gasteiger partial charge in [-0.1, -0.05) is 6.07 Å². The first kappa shape index (κ1) is 15.8. The van der Waals surface area contributed by atoms with Crippen LogP contribution in [0.3, 0.4) is 0 Å². The van der Waals surface area contributed by atoms with Gasteiger partial charge in [-0.15, -0.1) is 0 Å². The van der Waals surface area contributed by atoms with Crippen molar-refractivity contribution in [2.75, 3.05) is 6.54 Å². The molecule has 2 nitrogen and oxygen atoms in total. The van der Waals surface area contributed by atoms with E-state index in [4.69, 9.17) is 0 Å². The van der Waals surface area contributed by atoms with Crippen LogP contribution in [0.15, 0.2) is 24.3 Å². The SMILES string of the molecule is CCn1c(C)cc(CNCCc2ccc(F)cc2C)c1C. The first-order chi connectivity index (χ1) is 10.0. The molecule has 2 aromatic rings. The summed E-state index contributed by atoms with van der Waals surface area (Å²) >= 11 is 0. The van der Waals surface area contributed by atoms with Gasteiger partial charge in [0, 0.05) is 24.5 Å². The Labute approximate surface area is 127 Å². The van der Waals surface area contributed by atoms with Gasteiger partial charge >= 0.3 is 0 Å². The molecule has 0 amide bonds. The number of hydrogen-bond acceptors (Lipinski definition) is 1. The van der Waals surface area contributed by atoms with E-state index in [0.29, 0.717) is 0 Å². The lowest BCUT2D eigenvalue weighted by atomic mass is 10.1. The summed E-state index contributed by atoms with van der Waals surface area (Å²) in [6.45, 7) is 11.3. The van der Waals surface area contributed by atoms with E-state index in [9.17, 15) is 4.39 Å². The van der Waals surface area contributed by atoms with Gasteiger partial charge in [-0.3, -0.25) is 0 Å². The highest BCUT2D eigenvalue weighted by molar-refractivity contribution is 5.28. The summed E-state index contributed by atoms with van der Waals surface area (Å²) in [6, 6.07) is 7.28. The van der Waals surface area contributed by atoms with Crippen LogP contribution in [-0.2, 0) is 19.5 Å².